The van der Waals surface area contributed by atoms with E-state index in [1.807, 2.05) is 6.92 Å². The SMILES string of the molecule is CCOc1ncc(NC(=O)c2ccc(Cl)cc2)cn1. The van der Waals surface area contributed by atoms with E-state index in [9.17, 15) is 4.79 Å². The molecule has 0 saturated heterocycles. The quantitative estimate of drug-likeness (QED) is 0.933. The van der Waals surface area contributed by atoms with Gasteiger partial charge >= 0.3 is 6.01 Å². The molecule has 1 aromatic heterocycles. The molecule has 2 aromatic rings. The third-order valence-corrected chi connectivity index (χ3v) is 2.52. The summed E-state index contributed by atoms with van der Waals surface area (Å²) in [6, 6.07) is 6.89. The van der Waals surface area contributed by atoms with Crippen molar-refractivity contribution >= 4 is 23.2 Å². The Bertz CT molecular complexity index is 555. The third-order valence-electron chi connectivity index (χ3n) is 2.27. The normalized spacial score (nSPS) is 10.0. The van der Waals surface area contributed by atoms with Crippen LogP contribution >= 0.6 is 11.6 Å². The predicted octanol–water partition coefficient (Wildman–Crippen LogP) is 2.78. The first-order valence-corrected chi connectivity index (χ1v) is 6.08. The van der Waals surface area contributed by atoms with E-state index in [0.717, 1.165) is 0 Å². The van der Waals surface area contributed by atoms with Crippen LogP contribution in [0.15, 0.2) is 36.7 Å². The van der Waals surface area contributed by atoms with Crippen molar-refractivity contribution in [1.29, 1.82) is 0 Å². The summed E-state index contributed by atoms with van der Waals surface area (Å²) in [7, 11) is 0. The highest BCUT2D eigenvalue weighted by Gasteiger charge is 2.06. The predicted molar refractivity (Wildman–Crippen MR) is 72.6 cm³/mol. The van der Waals surface area contributed by atoms with Gasteiger partial charge in [0, 0.05) is 10.6 Å². The molecule has 2 rings (SSSR count). The van der Waals surface area contributed by atoms with Gasteiger partial charge in [-0.3, -0.25) is 4.79 Å². The molecule has 1 heterocycles. The van der Waals surface area contributed by atoms with Gasteiger partial charge in [-0.05, 0) is 31.2 Å². The Kier molecular flexibility index (Phi) is 4.30. The molecule has 0 fully saturated rings. The van der Waals surface area contributed by atoms with Crippen LogP contribution in [0.2, 0.25) is 5.02 Å². The van der Waals surface area contributed by atoms with Gasteiger partial charge in [-0.1, -0.05) is 11.6 Å². The average Bonchev–Trinajstić information content (AvgIpc) is 2.42. The van der Waals surface area contributed by atoms with Gasteiger partial charge in [0.2, 0.25) is 0 Å². The second-order valence-electron chi connectivity index (χ2n) is 3.65. The standard InChI is InChI=1S/C13H12ClN3O2/c1-2-19-13-15-7-11(8-16-13)17-12(18)9-3-5-10(14)6-4-9/h3-8H,2H2,1H3,(H,17,18). The summed E-state index contributed by atoms with van der Waals surface area (Å²) in [6.07, 6.45) is 2.98. The fourth-order valence-electron chi connectivity index (χ4n) is 1.39. The molecule has 0 unspecified atom stereocenters. The fraction of sp³-hybridized carbons (Fsp3) is 0.154. The summed E-state index contributed by atoms with van der Waals surface area (Å²) in [6.45, 7) is 2.34. The smallest absolute Gasteiger partial charge is 0.316 e. The molecule has 6 heteroatoms. The number of ether oxygens (including phenoxy) is 1. The molecule has 0 aliphatic heterocycles. The lowest BCUT2D eigenvalue weighted by Crippen LogP contribution is -2.12. The number of nitrogens with zero attached hydrogens (tertiary/aromatic N) is 2. The number of anilines is 1. The van der Waals surface area contributed by atoms with E-state index in [-0.39, 0.29) is 11.9 Å². The van der Waals surface area contributed by atoms with Crippen LogP contribution in [-0.4, -0.2) is 22.5 Å². The van der Waals surface area contributed by atoms with E-state index < -0.39 is 0 Å². The van der Waals surface area contributed by atoms with Crippen LogP contribution < -0.4 is 10.1 Å². The molecule has 0 radical (unpaired) electrons. The lowest BCUT2D eigenvalue weighted by molar-refractivity contribution is 0.102. The zero-order valence-electron chi connectivity index (χ0n) is 10.3. The molecule has 0 bridgehead atoms. The Morgan fingerprint density at radius 3 is 2.47 bits per heavy atom. The number of amides is 1. The second kappa shape index (κ2) is 6.15. The van der Waals surface area contributed by atoms with Crippen molar-refractivity contribution < 1.29 is 9.53 Å². The van der Waals surface area contributed by atoms with E-state index in [0.29, 0.717) is 22.9 Å². The highest BCUT2D eigenvalue weighted by atomic mass is 35.5. The topological polar surface area (TPSA) is 64.1 Å². The van der Waals surface area contributed by atoms with Gasteiger partial charge in [0.15, 0.2) is 0 Å². The van der Waals surface area contributed by atoms with Crippen molar-refractivity contribution in [3.63, 3.8) is 0 Å². The molecule has 0 atom stereocenters. The molecule has 0 spiro atoms. The summed E-state index contributed by atoms with van der Waals surface area (Å²) in [5.41, 5.74) is 1.02. The van der Waals surface area contributed by atoms with Crippen molar-refractivity contribution in [1.82, 2.24) is 9.97 Å². The maximum absolute atomic E-state index is 11.9. The maximum atomic E-state index is 11.9. The zero-order valence-corrected chi connectivity index (χ0v) is 11.0. The summed E-state index contributed by atoms with van der Waals surface area (Å²) in [5.74, 6) is -0.246. The van der Waals surface area contributed by atoms with Gasteiger partial charge in [0.1, 0.15) is 0 Å². The summed E-state index contributed by atoms with van der Waals surface area (Å²) >= 11 is 5.76. The van der Waals surface area contributed by atoms with Gasteiger partial charge in [-0.25, -0.2) is 9.97 Å². The van der Waals surface area contributed by atoms with Crippen LogP contribution in [0.5, 0.6) is 6.01 Å². The Balaban J connectivity index is 2.04. The summed E-state index contributed by atoms with van der Waals surface area (Å²) in [5, 5.41) is 3.27. The van der Waals surface area contributed by atoms with E-state index in [1.165, 1.54) is 12.4 Å². The van der Waals surface area contributed by atoms with Crippen molar-refractivity contribution in [2.75, 3.05) is 11.9 Å². The van der Waals surface area contributed by atoms with E-state index in [4.69, 9.17) is 16.3 Å². The summed E-state index contributed by atoms with van der Waals surface area (Å²) in [4.78, 5) is 19.8. The summed E-state index contributed by atoms with van der Waals surface area (Å²) < 4.78 is 5.11. The van der Waals surface area contributed by atoms with Gasteiger partial charge in [0.25, 0.3) is 5.91 Å². The van der Waals surface area contributed by atoms with Gasteiger partial charge in [-0.15, -0.1) is 0 Å². The highest BCUT2D eigenvalue weighted by molar-refractivity contribution is 6.30. The number of nitrogens with one attached hydrogen (secondary N) is 1. The number of carbonyl (C=O) groups excluding carboxylic acids is 1. The van der Waals surface area contributed by atoms with E-state index in [2.05, 4.69) is 15.3 Å². The molecular formula is C13H12ClN3O2. The Morgan fingerprint density at radius 1 is 1.26 bits per heavy atom. The Hall–Kier alpha value is -2.14. The number of hydrogen-bond acceptors (Lipinski definition) is 4. The molecule has 1 N–H and O–H groups in total. The lowest BCUT2D eigenvalue weighted by Gasteiger charge is -2.05. The first-order valence-electron chi connectivity index (χ1n) is 5.71. The monoisotopic (exact) mass is 277 g/mol. The number of hydrogen-bond donors (Lipinski definition) is 1. The first-order chi connectivity index (χ1) is 9.19. The average molecular weight is 278 g/mol. The molecule has 1 amide bonds. The van der Waals surface area contributed by atoms with Crippen molar-refractivity contribution in [3.8, 4) is 6.01 Å². The molecular weight excluding hydrogens is 266 g/mol. The van der Waals surface area contributed by atoms with E-state index >= 15 is 0 Å². The number of rotatable bonds is 4. The minimum Gasteiger partial charge on any atom is -0.464 e. The molecule has 5 nitrogen and oxygen atoms in total. The van der Waals surface area contributed by atoms with E-state index in [1.54, 1.807) is 24.3 Å². The molecule has 0 aliphatic rings. The van der Waals surface area contributed by atoms with Crippen LogP contribution in [0.3, 0.4) is 0 Å². The Morgan fingerprint density at radius 2 is 1.89 bits per heavy atom. The highest BCUT2D eigenvalue weighted by Crippen LogP contribution is 2.12. The second-order valence-corrected chi connectivity index (χ2v) is 4.08. The van der Waals surface area contributed by atoms with Crippen LogP contribution in [0, 0.1) is 0 Å². The molecule has 1 aromatic carbocycles. The molecule has 98 valence electrons. The van der Waals surface area contributed by atoms with Gasteiger partial charge in [-0.2, -0.15) is 0 Å². The maximum Gasteiger partial charge on any atom is 0.316 e. The fourth-order valence-corrected chi connectivity index (χ4v) is 1.51. The van der Waals surface area contributed by atoms with Crippen LogP contribution in [0.25, 0.3) is 0 Å². The lowest BCUT2D eigenvalue weighted by atomic mass is 10.2. The third kappa shape index (κ3) is 3.66. The molecule has 0 saturated carbocycles. The minimum atomic E-state index is -0.246. The number of carbonyl (C=O) groups is 1. The van der Waals surface area contributed by atoms with Crippen molar-refractivity contribution in [2.45, 2.75) is 6.92 Å². The Labute approximate surface area is 115 Å². The first kappa shape index (κ1) is 13.3. The van der Waals surface area contributed by atoms with Crippen LogP contribution in [0.1, 0.15) is 17.3 Å². The molecule has 19 heavy (non-hydrogen) atoms. The molecule has 0 aliphatic carbocycles. The van der Waals surface area contributed by atoms with Gasteiger partial charge < -0.3 is 10.1 Å². The zero-order chi connectivity index (χ0) is 13.7. The number of halogens is 1. The van der Waals surface area contributed by atoms with Crippen LogP contribution in [-0.2, 0) is 0 Å². The number of benzene rings is 1. The van der Waals surface area contributed by atoms with Crippen molar-refractivity contribution in [2.24, 2.45) is 0 Å². The largest absolute Gasteiger partial charge is 0.464 e. The number of aromatic nitrogens is 2. The van der Waals surface area contributed by atoms with Crippen LogP contribution in [0.4, 0.5) is 5.69 Å². The van der Waals surface area contributed by atoms with Crippen molar-refractivity contribution in [3.05, 3.63) is 47.2 Å². The minimum absolute atomic E-state index is 0.246. The van der Waals surface area contributed by atoms with Gasteiger partial charge in [0.05, 0.1) is 24.7 Å².